The van der Waals surface area contributed by atoms with Gasteiger partial charge in [0.05, 0.1) is 0 Å². The Morgan fingerprint density at radius 3 is 2.11 bits per heavy atom. The number of hydrogen-bond acceptors (Lipinski definition) is 1. The van der Waals surface area contributed by atoms with Gasteiger partial charge in [-0.3, -0.25) is 0 Å². The van der Waals surface area contributed by atoms with E-state index in [1.807, 2.05) is 0 Å². The van der Waals surface area contributed by atoms with Crippen molar-refractivity contribution in [2.24, 2.45) is 16.7 Å². The molecule has 0 saturated heterocycles. The summed E-state index contributed by atoms with van der Waals surface area (Å²) in [6, 6.07) is 0.807. The highest BCUT2D eigenvalue weighted by Gasteiger charge is 2.37. The van der Waals surface area contributed by atoms with E-state index in [0.29, 0.717) is 5.41 Å². The Balaban J connectivity index is 1.71. The molecule has 1 N–H and O–H groups in total. The summed E-state index contributed by atoms with van der Waals surface area (Å²) in [6.45, 7) is 10.6. The summed E-state index contributed by atoms with van der Waals surface area (Å²) in [6.07, 6.45) is 11.9. The third-order valence-electron chi connectivity index (χ3n) is 5.90. The van der Waals surface area contributed by atoms with E-state index in [1.54, 1.807) is 0 Å². The summed E-state index contributed by atoms with van der Waals surface area (Å²) in [7, 11) is 0. The lowest BCUT2D eigenvalue weighted by Gasteiger charge is -2.38. The molecule has 2 aliphatic carbocycles. The average Bonchev–Trinajstić information content (AvgIpc) is 2.75. The maximum atomic E-state index is 3.83. The molecule has 106 valence electrons. The molecule has 0 aliphatic heterocycles. The fourth-order valence-electron chi connectivity index (χ4n) is 3.71. The molecule has 1 nitrogen and oxygen atoms in total. The predicted octanol–water partition coefficient (Wildman–Crippen LogP) is 4.76. The highest BCUT2D eigenvalue weighted by Crippen LogP contribution is 2.48. The molecule has 1 unspecified atom stereocenters. The average molecular weight is 251 g/mol. The molecule has 0 heterocycles. The van der Waals surface area contributed by atoms with Crippen LogP contribution in [0.5, 0.6) is 0 Å². The summed E-state index contributed by atoms with van der Waals surface area (Å²) in [5, 5.41) is 3.83. The van der Waals surface area contributed by atoms with Gasteiger partial charge in [0.2, 0.25) is 0 Å². The Morgan fingerprint density at radius 2 is 1.61 bits per heavy atom. The third-order valence-corrected chi connectivity index (χ3v) is 5.90. The van der Waals surface area contributed by atoms with Crippen LogP contribution in [0.4, 0.5) is 0 Å². The SMILES string of the molecule is CC(CNC1CCC2(CCCC2)CC1)C(C)(C)C. The van der Waals surface area contributed by atoms with Crippen LogP contribution in [0.2, 0.25) is 0 Å². The summed E-state index contributed by atoms with van der Waals surface area (Å²) in [5.74, 6) is 0.764. The molecular weight excluding hydrogens is 218 g/mol. The van der Waals surface area contributed by atoms with E-state index < -0.39 is 0 Å². The zero-order valence-electron chi connectivity index (χ0n) is 13.0. The van der Waals surface area contributed by atoms with Crippen LogP contribution >= 0.6 is 0 Å². The van der Waals surface area contributed by atoms with Gasteiger partial charge in [0, 0.05) is 6.04 Å². The van der Waals surface area contributed by atoms with E-state index in [4.69, 9.17) is 0 Å². The third kappa shape index (κ3) is 3.50. The minimum absolute atomic E-state index is 0.439. The first-order valence-corrected chi connectivity index (χ1v) is 8.15. The van der Waals surface area contributed by atoms with Crippen LogP contribution in [0.15, 0.2) is 0 Å². The van der Waals surface area contributed by atoms with Gasteiger partial charge in [-0.15, -0.1) is 0 Å². The molecule has 0 radical (unpaired) electrons. The minimum atomic E-state index is 0.439. The number of rotatable bonds is 3. The Bertz CT molecular complexity index is 247. The topological polar surface area (TPSA) is 12.0 Å². The van der Waals surface area contributed by atoms with Gasteiger partial charge in [0.15, 0.2) is 0 Å². The molecule has 0 bridgehead atoms. The van der Waals surface area contributed by atoms with Crippen molar-refractivity contribution in [3.8, 4) is 0 Å². The normalized spacial score (nSPS) is 26.7. The van der Waals surface area contributed by atoms with E-state index in [1.165, 1.54) is 57.9 Å². The highest BCUT2D eigenvalue weighted by atomic mass is 14.9. The molecule has 2 aliphatic rings. The van der Waals surface area contributed by atoms with Gasteiger partial charge >= 0.3 is 0 Å². The fraction of sp³-hybridized carbons (Fsp3) is 1.00. The van der Waals surface area contributed by atoms with Crippen LogP contribution in [0.1, 0.15) is 79.1 Å². The van der Waals surface area contributed by atoms with E-state index in [0.717, 1.165) is 17.4 Å². The first-order chi connectivity index (χ1) is 8.41. The predicted molar refractivity (Wildman–Crippen MR) is 79.8 cm³/mol. The Hall–Kier alpha value is -0.0400. The zero-order chi connectivity index (χ0) is 13.2. The number of hydrogen-bond donors (Lipinski definition) is 1. The molecule has 2 fully saturated rings. The van der Waals surface area contributed by atoms with Gasteiger partial charge < -0.3 is 5.32 Å². The second-order valence-corrected chi connectivity index (χ2v) is 8.16. The van der Waals surface area contributed by atoms with Crippen molar-refractivity contribution >= 4 is 0 Å². The molecule has 0 amide bonds. The molecule has 2 saturated carbocycles. The monoisotopic (exact) mass is 251 g/mol. The van der Waals surface area contributed by atoms with Gasteiger partial charge in [-0.1, -0.05) is 40.5 Å². The molecule has 2 rings (SSSR count). The molecule has 18 heavy (non-hydrogen) atoms. The van der Waals surface area contributed by atoms with E-state index in [-0.39, 0.29) is 0 Å². The summed E-state index contributed by atoms with van der Waals surface area (Å²) >= 11 is 0. The molecule has 1 heteroatoms. The Labute approximate surface area is 114 Å². The molecular formula is C17H33N. The quantitative estimate of drug-likeness (QED) is 0.762. The maximum absolute atomic E-state index is 3.83. The van der Waals surface area contributed by atoms with Crippen molar-refractivity contribution in [2.45, 2.75) is 85.1 Å². The fourth-order valence-corrected chi connectivity index (χ4v) is 3.71. The highest BCUT2D eigenvalue weighted by molar-refractivity contribution is 4.91. The van der Waals surface area contributed by atoms with Crippen LogP contribution in [0.3, 0.4) is 0 Å². The van der Waals surface area contributed by atoms with E-state index >= 15 is 0 Å². The van der Waals surface area contributed by atoms with Crippen LogP contribution < -0.4 is 5.32 Å². The number of nitrogens with one attached hydrogen (secondary N) is 1. The van der Waals surface area contributed by atoms with Gasteiger partial charge in [-0.25, -0.2) is 0 Å². The van der Waals surface area contributed by atoms with Crippen molar-refractivity contribution < 1.29 is 0 Å². The van der Waals surface area contributed by atoms with Gasteiger partial charge in [-0.05, 0) is 61.8 Å². The summed E-state index contributed by atoms with van der Waals surface area (Å²) < 4.78 is 0. The van der Waals surface area contributed by atoms with Crippen LogP contribution in [0.25, 0.3) is 0 Å². The van der Waals surface area contributed by atoms with Gasteiger partial charge in [0.25, 0.3) is 0 Å². The zero-order valence-corrected chi connectivity index (χ0v) is 13.0. The van der Waals surface area contributed by atoms with Crippen LogP contribution in [-0.2, 0) is 0 Å². The molecule has 0 aromatic heterocycles. The lowest BCUT2D eigenvalue weighted by Crippen LogP contribution is -2.40. The largest absolute Gasteiger partial charge is 0.314 e. The Morgan fingerprint density at radius 1 is 1.06 bits per heavy atom. The molecule has 1 spiro atoms. The summed E-state index contributed by atoms with van der Waals surface area (Å²) in [4.78, 5) is 0. The van der Waals surface area contributed by atoms with Crippen LogP contribution in [-0.4, -0.2) is 12.6 Å². The maximum Gasteiger partial charge on any atom is 0.00675 e. The van der Waals surface area contributed by atoms with Gasteiger partial charge in [-0.2, -0.15) is 0 Å². The van der Waals surface area contributed by atoms with Crippen molar-refractivity contribution in [1.82, 2.24) is 5.32 Å². The van der Waals surface area contributed by atoms with Crippen molar-refractivity contribution in [3.63, 3.8) is 0 Å². The first kappa shape index (κ1) is 14.4. The smallest absolute Gasteiger partial charge is 0.00675 e. The van der Waals surface area contributed by atoms with Crippen molar-refractivity contribution in [1.29, 1.82) is 0 Å². The van der Waals surface area contributed by atoms with Gasteiger partial charge in [0.1, 0.15) is 0 Å². The Kier molecular flexibility index (Phi) is 4.41. The van der Waals surface area contributed by atoms with Crippen molar-refractivity contribution in [3.05, 3.63) is 0 Å². The molecule has 1 atom stereocenters. The first-order valence-electron chi connectivity index (χ1n) is 8.15. The minimum Gasteiger partial charge on any atom is -0.314 e. The van der Waals surface area contributed by atoms with Crippen LogP contribution in [0, 0.1) is 16.7 Å². The standard InChI is InChI=1S/C17H33N/c1-14(16(2,3)4)13-18-15-7-11-17(12-8-15)9-5-6-10-17/h14-15,18H,5-13H2,1-4H3. The second-order valence-electron chi connectivity index (χ2n) is 8.16. The summed E-state index contributed by atoms with van der Waals surface area (Å²) in [5.41, 5.74) is 1.22. The lowest BCUT2D eigenvalue weighted by atomic mass is 9.71. The lowest BCUT2D eigenvalue weighted by molar-refractivity contribution is 0.158. The molecule has 0 aromatic carbocycles. The second kappa shape index (κ2) is 5.53. The molecule has 0 aromatic rings. The van der Waals surface area contributed by atoms with E-state index in [9.17, 15) is 0 Å². The van der Waals surface area contributed by atoms with E-state index in [2.05, 4.69) is 33.0 Å². The van der Waals surface area contributed by atoms with Crippen molar-refractivity contribution in [2.75, 3.05) is 6.54 Å².